The highest BCUT2D eigenvalue weighted by Crippen LogP contribution is 2.40. The number of guanidine groups is 1. The zero-order chi connectivity index (χ0) is 21.3. The summed E-state index contributed by atoms with van der Waals surface area (Å²) in [7, 11) is 4.68. The summed E-state index contributed by atoms with van der Waals surface area (Å²) >= 11 is 0. The van der Waals surface area contributed by atoms with Gasteiger partial charge in [-0.05, 0) is 13.0 Å². The van der Waals surface area contributed by atoms with Crippen molar-refractivity contribution in [2.45, 2.75) is 13.1 Å². The van der Waals surface area contributed by atoms with Gasteiger partial charge in [0.25, 0.3) is 5.56 Å². The van der Waals surface area contributed by atoms with Crippen LogP contribution in [-0.2, 0) is 4.74 Å². The smallest absolute Gasteiger partial charge is 0.257 e. The highest BCUT2D eigenvalue weighted by molar-refractivity contribution is 5.93. The second-order valence-corrected chi connectivity index (χ2v) is 6.93. The van der Waals surface area contributed by atoms with Crippen molar-refractivity contribution >= 4 is 11.9 Å². The number of aryl methyl sites for hydroxylation is 1. The van der Waals surface area contributed by atoms with Gasteiger partial charge in [0.05, 0.1) is 34.5 Å². The topological polar surface area (TPSA) is 99.4 Å². The maximum Gasteiger partial charge on any atom is 0.257 e. The molecule has 0 spiro atoms. The molecule has 0 amide bonds. The number of benzene rings is 1. The lowest BCUT2D eigenvalue weighted by Gasteiger charge is -2.35. The highest BCUT2D eigenvalue weighted by atomic mass is 16.5. The first-order valence-corrected chi connectivity index (χ1v) is 9.63. The highest BCUT2D eigenvalue weighted by Gasteiger charge is 2.31. The van der Waals surface area contributed by atoms with Crippen LogP contribution in [0.15, 0.2) is 28.0 Å². The van der Waals surface area contributed by atoms with Crippen LogP contribution in [0.25, 0.3) is 0 Å². The molecule has 1 saturated heterocycles. The minimum Gasteiger partial charge on any atom is -0.496 e. The Hall–Kier alpha value is -3.27. The molecular weight excluding hydrogens is 390 g/mol. The number of ether oxygens (including phenoxy) is 4. The summed E-state index contributed by atoms with van der Waals surface area (Å²) in [6.45, 7) is 4.39. The Morgan fingerprint density at radius 2 is 1.70 bits per heavy atom. The van der Waals surface area contributed by atoms with Gasteiger partial charge in [0, 0.05) is 36.5 Å². The van der Waals surface area contributed by atoms with Gasteiger partial charge in [-0.2, -0.15) is 0 Å². The molecule has 0 unspecified atom stereocenters. The quantitative estimate of drug-likeness (QED) is 0.796. The monoisotopic (exact) mass is 415 g/mol. The number of morpholine rings is 1. The molecule has 4 rings (SSSR count). The number of methoxy groups -OCH3 is 3. The van der Waals surface area contributed by atoms with Gasteiger partial charge in [0.2, 0.25) is 11.9 Å². The van der Waals surface area contributed by atoms with Crippen LogP contribution in [0, 0.1) is 6.92 Å². The first kappa shape index (κ1) is 20.0. The molecular formula is C20H25N5O5. The van der Waals surface area contributed by atoms with Crippen LogP contribution in [0.3, 0.4) is 0 Å². The van der Waals surface area contributed by atoms with Crippen molar-refractivity contribution in [1.29, 1.82) is 0 Å². The fourth-order valence-corrected chi connectivity index (χ4v) is 3.64. The predicted molar refractivity (Wildman–Crippen MR) is 111 cm³/mol. The van der Waals surface area contributed by atoms with E-state index in [1.54, 1.807) is 40.4 Å². The summed E-state index contributed by atoms with van der Waals surface area (Å²) in [5.74, 6) is 2.64. The van der Waals surface area contributed by atoms with E-state index in [1.807, 2.05) is 0 Å². The van der Waals surface area contributed by atoms with Crippen LogP contribution in [0.4, 0.5) is 5.95 Å². The Balaban J connectivity index is 1.90. The molecule has 2 aliphatic heterocycles. The fraction of sp³-hybridized carbons (Fsp3) is 0.450. The molecule has 30 heavy (non-hydrogen) atoms. The Kier molecular flexibility index (Phi) is 5.49. The van der Waals surface area contributed by atoms with E-state index in [4.69, 9.17) is 23.9 Å². The van der Waals surface area contributed by atoms with Gasteiger partial charge in [-0.25, -0.2) is 9.98 Å². The molecule has 1 aromatic carbocycles. The van der Waals surface area contributed by atoms with Crippen LogP contribution in [0.1, 0.15) is 17.4 Å². The lowest BCUT2D eigenvalue weighted by Crippen LogP contribution is -2.47. The summed E-state index contributed by atoms with van der Waals surface area (Å²) in [6.07, 6.45) is -0.686. The Morgan fingerprint density at radius 1 is 1.03 bits per heavy atom. The van der Waals surface area contributed by atoms with Gasteiger partial charge < -0.3 is 23.8 Å². The molecule has 0 bridgehead atoms. The number of nitrogens with zero attached hydrogens (tertiary/aromatic N) is 4. The molecule has 160 valence electrons. The molecule has 0 radical (unpaired) electrons. The van der Waals surface area contributed by atoms with E-state index in [-0.39, 0.29) is 5.56 Å². The van der Waals surface area contributed by atoms with Crippen molar-refractivity contribution in [2.75, 3.05) is 52.9 Å². The van der Waals surface area contributed by atoms with Gasteiger partial charge in [-0.1, -0.05) is 0 Å². The molecule has 0 saturated carbocycles. The Bertz CT molecular complexity index is 1030. The maximum absolute atomic E-state index is 12.9. The van der Waals surface area contributed by atoms with Crippen LogP contribution in [0.2, 0.25) is 0 Å². The summed E-state index contributed by atoms with van der Waals surface area (Å²) in [5, 5.41) is 3.21. The van der Waals surface area contributed by atoms with E-state index >= 15 is 0 Å². The SMILES string of the molecule is COc1cc(OC)c([C@H]2N=C(N3CCOCC3)Nc3nc(C)cc(=O)n32)cc1OC. The maximum atomic E-state index is 12.9. The largest absolute Gasteiger partial charge is 0.496 e. The van der Waals surface area contributed by atoms with E-state index in [9.17, 15) is 4.79 Å². The third kappa shape index (κ3) is 3.54. The third-order valence-electron chi connectivity index (χ3n) is 5.12. The van der Waals surface area contributed by atoms with Crippen LogP contribution >= 0.6 is 0 Å². The van der Waals surface area contributed by atoms with Gasteiger partial charge in [-0.3, -0.25) is 14.7 Å². The first-order chi connectivity index (χ1) is 14.5. The number of anilines is 1. The van der Waals surface area contributed by atoms with Crippen molar-refractivity contribution in [3.63, 3.8) is 0 Å². The van der Waals surface area contributed by atoms with Crippen LogP contribution in [-0.4, -0.2) is 68.0 Å². The van der Waals surface area contributed by atoms with Gasteiger partial charge in [0.15, 0.2) is 17.7 Å². The zero-order valence-corrected chi connectivity index (χ0v) is 17.5. The lowest BCUT2D eigenvalue weighted by atomic mass is 10.1. The first-order valence-electron chi connectivity index (χ1n) is 9.63. The Labute approximate surface area is 174 Å². The molecule has 1 aromatic heterocycles. The van der Waals surface area contributed by atoms with Crippen molar-refractivity contribution < 1.29 is 18.9 Å². The summed E-state index contributed by atoms with van der Waals surface area (Å²) in [6, 6.07) is 5.00. The van der Waals surface area contributed by atoms with Gasteiger partial charge in [-0.15, -0.1) is 0 Å². The van der Waals surface area contributed by atoms with Crippen LogP contribution < -0.4 is 25.1 Å². The summed E-state index contributed by atoms with van der Waals surface area (Å²) < 4.78 is 23.4. The third-order valence-corrected chi connectivity index (χ3v) is 5.12. The van der Waals surface area contributed by atoms with Crippen molar-refractivity contribution in [2.24, 2.45) is 4.99 Å². The van der Waals surface area contributed by atoms with E-state index in [0.717, 1.165) is 0 Å². The fourth-order valence-electron chi connectivity index (χ4n) is 3.64. The normalized spacial score (nSPS) is 18.2. The van der Waals surface area contributed by atoms with E-state index in [1.165, 1.54) is 10.6 Å². The number of fused-ring (bicyclic) bond motifs is 1. The number of aliphatic imine (C=N–C) groups is 1. The van der Waals surface area contributed by atoms with Gasteiger partial charge in [0.1, 0.15) is 5.75 Å². The minimum atomic E-state index is -0.686. The molecule has 2 aromatic rings. The molecule has 2 aliphatic rings. The van der Waals surface area contributed by atoms with Crippen molar-refractivity contribution in [1.82, 2.24) is 14.5 Å². The molecule has 1 N–H and O–H groups in total. The average Bonchev–Trinajstić information content (AvgIpc) is 2.77. The molecule has 10 heteroatoms. The molecule has 3 heterocycles. The minimum absolute atomic E-state index is 0.211. The Morgan fingerprint density at radius 3 is 2.37 bits per heavy atom. The number of aromatic nitrogens is 2. The van der Waals surface area contributed by atoms with E-state index < -0.39 is 6.17 Å². The number of hydrogen-bond donors (Lipinski definition) is 1. The summed E-state index contributed by atoms with van der Waals surface area (Å²) in [5.41, 5.74) is 1.08. The lowest BCUT2D eigenvalue weighted by molar-refractivity contribution is 0.0675. The molecule has 1 atom stereocenters. The predicted octanol–water partition coefficient (Wildman–Crippen LogP) is 1.24. The van der Waals surface area contributed by atoms with Crippen molar-refractivity contribution in [3.8, 4) is 17.2 Å². The zero-order valence-electron chi connectivity index (χ0n) is 17.5. The number of hydrogen-bond acceptors (Lipinski definition) is 9. The standard InChI is InChI=1S/C20H25N5O5/c1-12-9-17(26)25-18(13-10-15(28-3)16(29-4)11-14(13)27-2)22-19(23-20(25)21-12)24-5-7-30-8-6-24/h9-11,18H,5-8H2,1-4H3,(H,21,22,23)/t18-/m0/s1. The molecule has 10 nitrogen and oxygen atoms in total. The van der Waals surface area contributed by atoms with Gasteiger partial charge >= 0.3 is 0 Å². The number of nitrogens with one attached hydrogen (secondary N) is 1. The van der Waals surface area contributed by atoms with E-state index in [2.05, 4.69) is 15.2 Å². The second kappa shape index (κ2) is 8.23. The average molecular weight is 415 g/mol. The molecule has 0 aliphatic carbocycles. The van der Waals surface area contributed by atoms with E-state index in [0.29, 0.717) is 66.7 Å². The summed E-state index contributed by atoms with van der Waals surface area (Å²) in [4.78, 5) is 24.4. The molecule has 1 fully saturated rings. The van der Waals surface area contributed by atoms with Crippen LogP contribution in [0.5, 0.6) is 17.2 Å². The second-order valence-electron chi connectivity index (χ2n) is 6.93. The number of rotatable bonds is 4. The van der Waals surface area contributed by atoms with Crippen molar-refractivity contribution in [3.05, 3.63) is 39.8 Å².